The van der Waals surface area contributed by atoms with Gasteiger partial charge in [0.25, 0.3) is 0 Å². The van der Waals surface area contributed by atoms with E-state index in [-0.39, 0.29) is 0 Å². The van der Waals surface area contributed by atoms with Gasteiger partial charge in [-0.05, 0) is 25.2 Å². The average molecular weight is 212 g/mol. The number of ether oxygens (including phenoxy) is 3. The second-order valence-corrected chi connectivity index (χ2v) is 5.71. The summed E-state index contributed by atoms with van der Waals surface area (Å²) in [6, 6.07) is 0. The van der Waals surface area contributed by atoms with Crippen LogP contribution in [0.25, 0.3) is 0 Å². The van der Waals surface area contributed by atoms with Crippen molar-refractivity contribution in [3.8, 4) is 0 Å². The summed E-state index contributed by atoms with van der Waals surface area (Å²) in [7, 11) is 0. The molecule has 0 N–H and O–H groups in total. The molecule has 3 fully saturated rings. The normalized spacial score (nSPS) is 41.8. The number of rotatable bonds is 4. The van der Waals surface area contributed by atoms with Crippen LogP contribution in [0.5, 0.6) is 0 Å². The minimum absolute atomic E-state index is 0.299. The summed E-state index contributed by atoms with van der Waals surface area (Å²) >= 11 is 0. The van der Waals surface area contributed by atoms with Crippen LogP contribution < -0.4 is 0 Å². The largest absolute Gasteiger partial charge is 0.380 e. The van der Waals surface area contributed by atoms with Gasteiger partial charge in [-0.1, -0.05) is 6.92 Å². The van der Waals surface area contributed by atoms with Gasteiger partial charge in [0.1, 0.15) is 0 Å². The van der Waals surface area contributed by atoms with Gasteiger partial charge in [-0.15, -0.1) is 0 Å². The second-order valence-electron chi connectivity index (χ2n) is 5.71. The lowest BCUT2D eigenvalue weighted by molar-refractivity contribution is -0.141. The van der Waals surface area contributed by atoms with E-state index in [0.29, 0.717) is 17.6 Å². The molecular weight excluding hydrogens is 192 g/mol. The van der Waals surface area contributed by atoms with Crippen LogP contribution in [0.1, 0.15) is 26.2 Å². The topological polar surface area (TPSA) is 31.0 Å². The third-order valence-corrected chi connectivity index (χ3v) is 3.82. The Morgan fingerprint density at radius 2 is 2.13 bits per heavy atom. The van der Waals surface area contributed by atoms with E-state index in [1.807, 2.05) is 0 Å². The molecule has 0 bridgehead atoms. The van der Waals surface area contributed by atoms with E-state index in [4.69, 9.17) is 14.2 Å². The minimum atomic E-state index is 0.299. The van der Waals surface area contributed by atoms with Gasteiger partial charge >= 0.3 is 0 Å². The van der Waals surface area contributed by atoms with Gasteiger partial charge in [-0.3, -0.25) is 0 Å². The summed E-state index contributed by atoms with van der Waals surface area (Å²) in [5.41, 5.74) is 0.299. The molecule has 0 aromatic heterocycles. The van der Waals surface area contributed by atoms with Crippen LogP contribution in [0.2, 0.25) is 0 Å². The van der Waals surface area contributed by atoms with Gasteiger partial charge in [0.2, 0.25) is 0 Å². The van der Waals surface area contributed by atoms with E-state index in [0.717, 1.165) is 32.3 Å². The molecule has 3 unspecified atom stereocenters. The molecule has 1 aliphatic carbocycles. The monoisotopic (exact) mass is 212 g/mol. The molecule has 0 aromatic rings. The summed E-state index contributed by atoms with van der Waals surface area (Å²) < 4.78 is 16.5. The van der Waals surface area contributed by atoms with Gasteiger partial charge < -0.3 is 14.2 Å². The first-order valence-corrected chi connectivity index (χ1v) is 6.06. The Hall–Kier alpha value is -0.120. The molecule has 0 amide bonds. The Morgan fingerprint density at radius 3 is 2.80 bits per heavy atom. The molecule has 2 saturated heterocycles. The summed E-state index contributed by atoms with van der Waals surface area (Å²) in [6.45, 7) is 5.75. The molecule has 0 aromatic carbocycles. The lowest BCUT2D eigenvalue weighted by Crippen LogP contribution is -2.43. The van der Waals surface area contributed by atoms with Gasteiger partial charge in [0.05, 0.1) is 32.0 Å². The highest BCUT2D eigenvalue weighted by molar-refractivity contribution is 4.91. The summed E-state index contributed by atoms with van der Waals surface area (Å²) in [5, 5.41) is 0. The summed E-state index contributed by atoms with van der Waals surface area (Å²) in [5.74, 6) is 0.735. The highest BCUT2D eigenvalue weighted by atomic mass is 16.6. The van der Waals surface area contributed by atoms with E-state index < -0.39 is 0 Å². The first-order chi connectivity index (χ1) is 7.25. The zero-order valence-electron chi connectivity index (χ0n) is 9.41. The number of hydrogen-bond acceptors (Lipinski definition) is 3. The van der Waals surface area contributed by atoms with Crippen molar-refractivity contribution < 1.29 is 14.2 Å². The summed E-state index contributed by atoms with van der Waals surface area (Å²) in [6.07, 6.45) is 4.94. The van der Waals surface area contributed by atoms with Crippen LogP contribution in [-0.2, 0) is 14.2 Å². The van der Waals surface area contributed by atoms with Crippen LogP contribution in [0.3, 0.4) is 0 Å². The van der Waals surface area contributed by atoms with E-state index >= 15 is 0 Å². The van der Waals surface area contributed by atoms with Gasteiger partial charge in [0.15, 0.2) is 0 Å². The zero-order chi connectivity index (χ0) is 10.3. The molecule has 3 aliphatic rings. The first kappa shape index (κ1) is 10.1. The molecule has 0 spiro atoms. The number of epoxide rings is 1. The van der Waals surface area contributed by atoms with Crippen molar-refractivity contribution in [1.29, 1.82) is 0 Å². The predicted octanol–water partition coefficient (Wildman–Crippen LogP) is 1.61. The first-order valence-electron chi connectivity index (χ1n) is 6.06. The van der Waals surface area contributed by atoms with Crippen molar-refractivity contribution in [3.05, 3.63) is 0 Å². The Kier molecular flexibility index (Phi) is 2.49. The Balaban J connectivity index is 1.35. The fourth-order valence-electron chi connectivity index (χ4n) is 2.64. The lowest BCUT2D eigenvalue weighted by Gasteiger charge is -2.38. The second kappa shape index (κ2) is 3.72. The maximum Gasteiger partial charge on any atom is 0.0845 e. The highest BCUT2D eigenvalue weighted by Crippen LogP contribution is 2.39. The molecule has 3 heteroatoms. The van der Waals surface area contributed by atoms with Crippen molar-refractivity contribution in [1.82, 2.24) is 0 Å². The zero-order valence-corrected chi connectivity index (χ0v) is 9.41. The van der Waals surface area contributed by atoms with E-state index in [9.17, 15) is 0 Å². The SMILES string of the molecule is CC1(COCC2CCC3OC3C2)COC1. The van der Waals surface area contributed by atoms with Gasteiger partial charge in [-0.25, -0.2) is 0 Å². The Bertz CT molecular complexity index is 237. The van der Waals surface area contributed by atoms with Crippen LogP contribution in [0.4, 0.5) is 0 Å². The van der Waals surface area contributed by atoms with Crippen molar-refractivity contribution in [2.24, 2.45) is 11.3 Å². The number of hydrogen-bond donors (Lipinski definition) is 0. The predicted molar refractivity (Wildman–Crippen MR) is 55.7 cm³/mol. The maximum atomic E-state index is 5.81. The van der Waals surface area contributed by atoms with Crippen molar-refractivity contribution in [3.63, 3.8) is 0 Å². The molecule has 3 rings (SSSR count). The Labute approximate surface area is 91.1 Å². The molecule has 0 radical (unpaired) electrons. The molecular formula is C12H20O3. The molecule has 2 heterocycles. The van der Waals surface area contributed by atoms with Crippen molar-refractivity contribution in [2.75, 3.05) is 26.4 Å². The third kappa shape index (κ3) is 2.19. The smallest absolute Gasteiger partial charge is 0.0845 e. The molecule has 3 nitrogen and oxygen atoms in total. The van der Waals surface area contributed by atoms with E-state index in [1.165, 1.54) is 19.3 Å². The standard InChI is InChI=1S/C12H20O3/c1-12(7-14-8-12)6-13-5-9-2-3-10-11(4-9)15-10/h9-11H,2-8H2,1H3. The maximum absolute atomic E-state index is 5.81. The molecule has 1 saturated carbocycles. The number of fused-ring (bicyclic) bond motifs is 1. The minimum Gasteiger partial charge on any atom is -0.380 e. The summed E-state index contributed by atoms with van der Waals surface area (Å²) in [4.78, 5) is 0. The van der Waals surface area contributed by atoms with E-state index in [1.54, 1.807) is 0 Å². The van der Waals surface area contributed by atoms with Gasteiger partial charge in [-0.2, -0.15) is 0 Å². The van der Waals surface area contributed by atoms with Crippen LogP contribution in [0.15, 0.2) is 0 Å². The molecule has 86 valence electrons. The quantitative estimate of drug-likeness (QED) is 0.663. The van der Waals surface area contributed by atoms with Crippen LogP contribution in [-0.4, -0.2) is 38.6 Å². The molecule has 2 aliphatic heterocycles. The van der Waals surface area contributed by atoms with Crippen LogP contribution >= 0.6 is 0 Å². The van der Waals surface area contributed by atoms with Gasteiger partial charge in [0, 0.05) is 12.0 Å². The molecule has 15 heavy (non-hydrogen) atoms. The van der Waals surface area contributed by atoms with E-state index in [2.05, 4.69) is 6.92 Å². The Morgan fingerprint density at radius 1 is 1.27 bits per heavy atom. The van der Waals surface area contributed by atoms with Crippen LogP contribution in [0, 0.1) is 11.3 Å². The fraction of sp³-hybridized carbons (Fsp3) is 1.00. The average Bonchev–Trinajstić information content (AvgIpc) is 2.93. The third-order valence-electron chi connectivity index (χ3n) is 3.82. The van der Waals surface area contributed by atoms with Crippen molar-refractivity contribution in [2.45, 2.75) is 38.4 Å². The highest BCUT2D eigenvalue weighted by Gasteiger charge is 2.44. The molecule has 3 atom stereocenters. The lowest BCUT2D eigenvalue weighted by atomic mass is 9.89. The fourth-order valence-corrected chi connectivity index (χ4v) is 2.64. The van der Waals surface area contributed by atoms with Crippen molar-refractivity contribution >= 4 is 0 Å².